The van der Waals surface area contributed by atoms with Gasteiger partial charge in [-0.1, -0.05) is 24.3 Å². The number of nitrogens with one attached hydrogen (secondary N) is 2. The summed E-state index contributed by atoms with van der Waals surface area (Å²) in [6, 6.07) is 7.86. The van der Waals surface area contributed by atoms with Gasteiger partial charge in [0.25, 0.3) is 0 Å². The average molecular weight is 274 g/mol. The molecule has 6 heteroatoms. The zero-order valence-electron chi connectivity index (χ0n) is 11.4. The fourth-order valence-corrected chi connectivity index (χ4v) is 1.83. The standard InChI is InChI=1S/C14H18N4O2/c1-20-9-8-15-13(19)6-7-16-14-12-5-3-2-4-11(12)10-17-18-14/h2-5,10H,6-9H2,1H3,(H,15,19)(H,16,18). The second-order valence-corrected chi connectivity index (χ2v) is 4.30. The Morgan fingerprint density at radius 1 is 1.30 bits per heavy atom. The zero-order chi connectivity index (χ0) is 14.2. The molecule has 0 radical (unpaired) electrons. The van der Waals surface area contributed by atoms with Gasteiger partial charge in [-0.2, -0.15) is 5.10 Å². The van der Waals surface area contributed by atoms with Crippen LogP contribution in [-0.2, 0) is 9.53 Å². The van der Waals surface area contributed by atoms with Crippen molar-refractivity contribution in [1.29, 1.82) is 0 Å². The van der Waals surface area contributed by atoms with Crippen molar-refractivity contribution in [1.82, 2.24) is 15.5 Å². The minimum Gasteiger partial charge on any atom is -0.383 e. The largest absolute Gasteiger partial charge is 0.383 e. The number of carbonyl (C=O) groups excluding carboxylic acids is 1. The van der Waals surface area contributed by atoms with Crippen molar-refractivity contribution in [2.75, 3.05) is 32.1 Å². The van der Waals surface area contributed by atoms with Crippen molar-refractivity contribution in [2.45, 2.75) is 6.42 Å². The molecule has 1 amide bonds. The molecule has 20 heavy (non-hydrogen) atoms. The SMILES string of the molecule is COCCNC(=O)CCNc1nncc2ccccc12. The third-order valence-electron chi connectivity index (χ3n) is 2.84. The van der Waals surface area contributed by atoms with Crippen molar-refractivity contribution in [2.24, 2.45) is 0 Å². The Morgan fingerprint density at radius 2 is 2.15 bits per heavy atom. The van der Waals surface area contributed by atoms with Gasteiger partial charge in [0.05, 0.1) is 12.8 Å². The summed E-state index contributed by atoms with van der Waals surface area (Å²) in [5.41, 5.74) is 0. The summed E-state index contributed by atoms with van der Waals surface area (Å²) < 4.78 is 4.87. The number of methoxy groups -OCH3 is 1. The van der Waals surface area contributed by atoms with E-state index in [1.165, 1.54) is 0 Å². The molecule has 2 rings (SSSR count). The minimum atomic E-state index is -0.0113. The molecule has 0 aliphatic heterocycles. The van der Waals surface area contributed by atoms with Crippen LogP contribution in [0.5, 0.6) is 0 Å². The number of fused-ring (bicyclic) bond motifs is 1. The topological polar surface area (TPSA) is 76.1 Å². The van der Waals surface area contributed by atoms with E-state index < -0.39 is 0 Å². The van der Waals surface area contributed by atoms with Crippen LogP contribution >= 0.6 is 0 Å². The summed E-state index contributed by atoms with van der Waals surface area (Å²) in [6.07, 6.45) is 2.10. The molecule has 1 aromatic carbocycles. The smallest absolute Gasteiger partial charge is 0.221 e. The number of carbonyl (C=O) groups is 1. The van der Waals surface area contributed by atoms with Gasteiger partial charge in [-0.25, -0.2) is 0 Å². The van der Waals surface area contributed by atoms with Crippen LogP contribution in [0.2, 0.25) is 0 Å². The van der Waals surface area contributed by atoms with Gasteiger partial charge in [0.2, 0.25) is 5.91 Å². The van der Waals surface area contributed by atoms with E-state index in [-0.39, 0.29) is 5.91 Å². The second kappa shape index (κ2) is 7.40. The number of ether oxygens (including phenoxy) is 1. The summed E-state index contributed by atoms with van der Waals surface area (Å²) in [7, 11) is 1.60. The Morgan fingerprint density at radius 3 is 3.00 bits per heavy atom. The molecular formula is C14H18N4O2. The molecular weight excluding hydrogens is 256 g/mol. The van der Waals surface area contributed by atoms with E-state index in [1.54, 1.807) is 13.3 Å². The van der Waals surface area contributed by atoms with Gasteiger partial charge in [-0.05, 0) is 0 Å². The third kappa shape index (κ3) is 3.89. The maximum absolute atomic E-state index is 11.5. The molecule has 0 saturated carbocycles. The number of amides is 1. The molecule has 2 aromatic rings. The molecule has 1 heterocycles. The fraction of sp³-hybridized carbons (Fsp3) is 0.357. The molecule has 0 aliphatic rings. The normalized spacial score (nSPS) is 10.4. The molecule has 0 saturated heterocycles. The zero-order valence-corrected chi connectivity index (χ0v) is 11.4. The Bertz CT molecular complexity index is 569. The first-order chi connectivity index (χ1) is 9.81. The predicted molar refractivity (Wildman–Crippen MR) is 77.5 cm³/mol. The number of aromatic nitrogens is 2. The van der Waals surface area contributed by atoms with Gasteiger partial charge in [-0.15, -0.1) is 5.10 Å². The van der Waals surface area contributed by atoms with Gasteiger partial charge in [0.1, 0.15) is 0 Å². The molecule has 0 fully saturated rings. The van der Waals surface area contributed by atoms with E-state index in [1.807, 2.05) is 24.3 Å². The van der Waals surface area contributed by atoms with Crippen LogP contribution in [0.1, 0.15) is 6.42 Å². The van der Waals surface area contributed by atoms with E-state index in [0.717, 1.165) is 10.8 Å². The van der Waals surface area contributed by atoms with Crippen molar-refractivity contribution in [3.63, 3.8) is 0 Å². The monoisotopic (exact) mass is 274 g/mol. The lowest BCUT2D eigenvalue weighted by atomic mass is 10.2. The summed E-state index contributed by atoms with van der Waals surface area (Å²) in [4.78, 5) is 11.5. The van der Waals surface area contributed by atoms with E-state index in [2.05, 4.69) is 20.8 Å². The van der Waals surface area contributed by atoms with Crippen LogP contribution in [0.3, 0.4) is 0 Å². The van der Waals surface area contributed by atoms with E-state index in [0.29, 0.717) is 31.9 Å². The summed E-state index contributed by atoms with van der Waals surface area (Å²) >= 11 is 0. The van der Waals surface area contributed by atoms with E-state index >= 15 is 0 Å². The lowest BCUT2D eigenvalue weighted by molar-refractivity contribution is -0.121. The van der Waals surface area contributed by atoms with Crippen molar-refractivity contribution < 1.29 is 9.53 Å². The molecule has 0 unspecified atom stereocenters. The van der Waals surface area contributed by atoms with Gasteiger partial charge in [0.15, 0.2) is 5.82 Å². The summed E-state index contributed by atoms with van der Waals surface area (Å²) in [5.74, 6) is 0.690. The van der Waals surface area contributed by atoms with Gasteiger partial charge in [-0.3, -0.25) is 4.79 Å². The molecule has 1 aromatic heterocycles. The highest BCUT2D eigenvalue weighted by Gasteiger charge is 2.04. The molecule has 2 N–H and O–H groups in total. The van der Waals surface area contributed by atoms with Crippen LogP contribution in [0.15, 0.2) is 30.5 Å². The lowest BCUT2D eigenvalue weighted by Crippen LogP contribution is -2.28. The number of hydrogen-bond acceptors (Lipinski definition) is 5. The Balaban J connectivity index is 1.85. The highest BCUT2D eigenvalue weighted by atomic mass is 16.5. The van der Waals surface area contributed by atoms with E-state index in [4.69, 9.17) is 4.74 Å². The first-order valence-corrected chi connectivity index (χ1v) is 6.51. The Hall–Kier alpha value is -2.21. The van der Waals surface area contributed by atoms with Gasteiger partial charge < -0.3 is 15.4 Å². The number of anilines is 1. The maximum atomic E-state index is 11.5. The van der Waals surface area contributed by atoms with Crippen LogP contribution < -0.4 is 10.6 Å². The molecule has 0 atom stereocenters. The second-order valence-electron chi connectivity index (χ2n) is 4.30. The number of hydrogen-bond donors (Lipinski definition) is 2. The van der Waals surface area contributed by atoms with E-state index in [9.17, 15) is 4.79 Å². The summed E-state index contributed by atoms with van der Waals surface area (Å²) in [5, 5.41) is 15.9. The number of rotatable bonds is 7. The molecule has 0 aliphatic carbocycles. The highest BCUT2D eigenvalue weighted by Crippen LogP contribution is 2.18. The molecule has 106 valence electrons. The maximum Gasteiger partial charge on any atom is 0.221 e. The Kier molecular flexibility index (Phi) is 5.25. The summed E-state index contributed by atoms with van der Waals surface area (Å²) in [6.45, 7) is 1.57. The molecule has 6 nitrogen and oxygen atoms in total. The van der Waals surface area contributed by atoms with Crippen LogP contribution in [0.25, 0.3) is 10.8 Å². The third-order valence-corrected chi connectivity index (χ3v) is 2.84. The van der Waals surface area contributed by atoms with Gasteiger partial charge in [0, 0.05) is 37.4 Å². The highest BCUT2D eigenvalue weighted by molar-refractivity contribution is 5.91. The Labute approximate surface area is 117 Å². The first-order valence-electron chi connectivity index (χ1n) is 6.51. The predicted octanol–water partition coefficient (Wildman–Crippen LogP) is 1.19. The van der Waals surface area contributed by atoms with Crippen LogP contribution in [0, 0.1) is 0 Å². The number of benzene rings is 1. The lowest BCUT2D eigenvalue weighted by Gasteiger charge is -2.08. The van der Waals surface area contributed by atoms with Crippen LogP contribution in [-0.4, -0.2) is 42.9 Å². The quantitative estimate of drug-likeness (QED) is 0.742. The van der Waals surface area contributed by atoms with Crippen molar-refractivity contribution >= 4 is 22.5 Å². The minimum absolute atomic E-state index is 0.0113. The average Bonchev–Trinajstić information content (AvgIpc) is 2.48. The van der Waals surface area contributed by atoms with Crippen molar-refractivity contribution in [3.8, 4) is 0 Å². The van der Waals surface area contributed by atoms with Gasteiger partial charge >= 0.3 is 0 Å². The van der Waals surface area contributed by atoms with Crippen LogP contribution in [0.4, 0.5) is 5.82 Å². The molecule has 0 bridgehead atoms. The van der Waals surface area contributed by atoms with Crippen molar-refractivity contribution in [3.05, 3.63) is 30.5 Å². The fourth-order valence-electron chi connectivity index (χ4n) is 1.83. The molecule has 0 spiro atoms. The number of nitrogens with zero attached hydrogens (tertiary/aromatic N) is 2. The first kappa shape index (κ1) is 14.2.